The topological polar surface area (TPSA) is 74.8 Å². The van der Waals surface area contributed by atoms with Crippen molar-refractivity contribution in [1.82, 2.24) is 15.2 Å². The van der Waals surface area contributed by atoms with Gasteiger partial charge in [-0.3, -0.25) is 9.59 Å². The van der Waals surface area contributed by atoms with E-state index in [0.29, 0.717) is 26.2 Å². The summed E-state index contributed by atoms with van der Waals surface area (Å²) in [4.78, 5) is 32.1. The van der Waals surface area contributed by atoms with E-state index in [9.17, 15) is 9.59 Å². The van der Waals surface area contributed by atoms with Gasteiger partial charge in [0.05, 0.1) is 12.5 Å². The molecule has 1 aromatic heterocycles. The highest BCUT2D eigenvalue weighted by atomic mass is 16.5. The lowest BCUT2D eigenvalue weighted by Crippen LogP contribution is -2.34. The third-order valence-corrected chi connectivity index (χ3v) is 3.89. The van der Waals surface area contributed by atoms with Gasteiger partial charge in [-0.05, 0) is 6.07 Å². The number of methoxy groups -OCH3 is 1. The van der Waals surface area contributed by atoms with Crippen molar-refractivity contribution in [3.05, 3.63) is 23.9 Å². The van der Waals surface area contributed by atoms with E-state index in [-0.39, 0.29) is 24.2 Å². The van der Waals surface area contributed by atoms with Gasteiger partial charge in [-0.2, -0.15) is 0 Å². The number of anilines is 1. The largest absolute Gasteiger partial charge is 0.383 e. The molecule has 23 heavy (non-hydrogen) atoms. The van der Waals surface area contributed by atoms with Gasteiger partial charge in [-0.25, -0.2) is 4.98 Å². The summed E-state index contributed by atoms with van der Waals surface area (Å²) in [5.41, 5.74) is 0.950. The van der Waals surface area contributed by atoms with Gasteiger partial charge in [0.2, 0.25) is 11.8 Å². The number of carbonyl (C=O) groups is 2. The second-order valence-electron chi connectivity index (χ2n) is 5.83. The average molecular weight is 320 g/mol. The Bertz CT molecular complexity index is 562. The molecule has 0 saturated carbocycles. The lowest BCUT2D eigenvalue weighted by atomic mass is 10.1. The summed E-state index contributed by atoms with van der Waals surface area (Å²) in [6, 6.07) is 3.79. The zero-order chi connectivity index (χ0) is 16.8. The maximum Gasteiger partial charge on any atom is 0.225 e. The molecule has 0 aromatic carbocycles. The van der Waals surface area contributed by atoms with Crippen LogP contribution in [0.4, 0.5) is 5.82 Å². The molecule has 0 aliphatic carbocycles. The number of pyridine rings is 1. The number of carbonyl (C=O) groups excluding carboxylic acids is 2. The molecule has 1 saturated heterocycles. The summed E-state index contributed by atoms with van der Waals surface area (Å²) >= 11 is 0. The molecule has 1 N–H and O–H groups in total. The van der Waals surface area contributed by atoms with E-state index in [2.05, 4.69) is 10.3 Å². The van der Waals surface area contributed by atoms with Crippen molar-refractivity contribution in [2.24, 2.45) is 5.92 Å². The van der Waals surface area contributed by atoms with E-state index in [1.54, 1.807) is 18.2 Å². The minimum absolute atomic E-state index is 0.0116. The number of nitrogens with zero attached hydrogens (tertiary/aromatic N) is 3. The minimum atomic E-state index is -0.293. The van der Waals surface area contributed by atoms with Crippen LogP contribution in [-0.2, 0) is 20.9 Å². The highest BCUT2D eigenvalue weighted by Gasteiger charge is 2.33. The fourth-order valence-electron chi connectivity index (χ4n) is 2.66. The van der Waals surface area contributed by atoms with Gasteiger partial charge < -0.3 is 19.9 Å². The van der Waals surface area contributed by atoms with Crippen molar-refractivity contribution in [3.8, 4) is 0 Å². The Kier molecular flexibility index (Phi) is 5.92. The molecule has 1 fully saturated rings. The Morgan fingerprint density at radius 3 is 3.00 bits per heavy atom. The summed E-state index contributed by atoms with van der Waals surface area (Å²) in [5.74, 6) is 0.459. The van der Waals surface area contributed by atoms with E-state index < -0.39 is 0 Å². The SMILES string of the molecule is COCCN1C[C@H](C(=O)NCc2cccnc2N(C)C)CC1=O. The van der Waals surface area contributed by atoms with E-state index in [1.165, 1.54) is 0 Å². The van der Waals surface area contributed by atoms with E-state index in [1.807, 2.05) is 31.1 Å². The number of aromatic nitrogens is 1. The van der Waals surface area contributed by atoms with Crippen LogP contribution in [0.15, 0.2) is 18.3 Å². The standard InChI is InChI=1S/C16H24N4O3/c1-19(2)15-12(5-4-6-17-15)10-18-16(22)13-9-14(21)20(11-13)7-8-23-3/h4-6,13H,7-11H2,1-3H3,(H,18,22)/t13-/m1/s1. The summed E-state index contributed by atoms with van der Waals surface area (Å²) in [6.45, 7) is 1.89. The Labute approximate surface area is 136 Å². The average Bonchev–Trinajstić information content (AvgIpc) is 2.91. The number of hydrogen-bond donors (Lipinski definition) is 1. The molecule has 0 spiro atoms. The molecule has 2 amide bonds. The molecule has 1 aliphatic heterocycles. The zero-order valence-electron chi connectivity index (χ0n) is 13.9. The first-order valence-electron chi connectivity index (χ1n) is 7.68. The first-order valence-corrected chi connectivity index (χ1v) is 7.68. The third-order valence-electron chi connectivity index (χ3n) is 3.89. The molecule has 0 unspecified atom stereocenters. The van der Waals surface area contributed by atoms with Crippen LogP contribution in [0.5, 0.6) is 0 Å². The lowest BCUT2D eigenvalue weighted by Gasteiger charge is -2.17. The smallest absolute Gasteiger partial charge is 0.225 e. The van der Waals surface area contributed by atoms with Crippen molar-refractivity contribution in [1.29, 1.82) is 0 Å². The van der Waals surface area contributed by atoms with Gasteiger partial charge in [-0.1, -0.05) is 6.07 Å². The summed E-state index contributed by atoms with van der Waals surface area (Å²) in [7, 11) is 5.43. The van der Waals surface area contributed by atoms with Crippen LogP contribution in [0.25, 0.3) is 0 Å². The van der Waals surface area contributed by atoms with Gasteiger partial charge in [0.25, 0.3) is 0 Å². The Hall–Kier alpha value is -2.15. The van der Waals surface area contributed by atoms with E-state index in [4.69, 9.17) is 4.74 Å². The van der Waals surface area contributed by atoms with Crippen LogP contribution in [0.3, 0.4) is 0 Å². The monoisotopic (exact) mass is 320 g/mol. The maximum absolute atomic E-state index is 12.3. The molecule has 1 aromatic rings. The van der Waals surface area contributed by atoms with Crippen LogP contribution in [0, 0.1) is 5.92 Å². The quantitative estimate of drug-likeness (QED) is 0.780. The molecular weight excluding hydrogens is 296 g/mol. The van der Waals surface area contributed by atoms with Crippen molar-refractivity contribution in [2.45, 2.75) is 13.0 Å². The number of nitrogens with one attached hydrogen (secondary N) is 1. The highest BCUT2D eigenvalue weighted by Crippen LogP contribution is 2.19. The van der Waals surface area contributed by atoms with Crippen molar-refractivity contribution >= 4 is 17.6 Å². The number of ether oxygens (including phenoxy) is 1. The number of amides is 2. The molecule has 7 nitrogen and oxygen atoms in total. The molecule has 0 bridgehead atoms. The normalized spacial score (nSPS) is 17.4. The van der Waals surface area contributed by atoms with Crippen molar-refractivity contribution in [2.75, 3.05) is 45.8 Å². The molecule has 2 rings (SSSR count). The lowest BCUT2D eigenvalue weighted by molar-refractivity contribution is -0.129. The van der Waals surface area contributed by atoms with Crippen molar-refractivity contribution < 1.29 is 14.3 Å². The Morgan fingerprint density at radius 1 is 1.52 bits per heavy atom. The highest BCUT2D eigenvalue weighted by molar-refractivity contribution is 5.89. The van der Waals surface area contributed by atoms with Crippen LogP contribution in [0.1, 0.15) is 12.0 Å². The summed E-state index contributed by atoms with van der Waals surface area (Å²) < 4.78 is 4.98. The van der Waals surface area contributed by atoms with Crippen LogP contribution < -0.4 is 10.2 Å². The predicted octanol–water partition coefficient (Wildman–Crippen LogP) is 0.259. The number of rotatable bonds is 7. The number of likely N-dealkylation sites (tertiary alicyclic amines) is 1. The van der Waals surface area contributed by atoms with Gasteiger partial charge in [0.1, 0.15) is 5.82 Å². The third kappa shape index (κ3) is 4.41. The fourth-order valence-corrected chi connectivity index (χ4v) is 2.66. The molecular formula is C16H24N4O3. The fraction of sp³-hybridized carbons (Fsp3) is 0.562. The van der Waals surface area contributed by atoms with Crippen LogP contribution >= 0.6 is 0 Å². The molecule has 126 valence electrons. The maximum atomic E-state index is 12.3. The first kappa shape index (κ1) is 17.2. The first-order chi connectivity index (χ1) is 11.0. The van der Waals surface area contributed by atoms with Gasteiger partial charge in [-0.15, -0.1) is 0 Å². The van der Waals surface area contributed by atoms with Crippen molar-refractivity contribution in [3.63, 3.8) is 0 Å². The second kappa shape index (κ2) is 7.92. The van der Waals surface area contributed by atoms with E-state index in [0.717, 1.165) is 11.4 Å². The summed E-state index contributed by atoms with van der Waals surface area (Å²) in [5, 5.41) is 2.92. The second-order valence-corrected chi connectivity index (χ2v) is 5.83. The zero-order valence-corrected chi connectivity index (χ0v) is 13.9. The van der Waals surface area contributed by atoms with E-state index >= 15 is 0 Å². The Balaban J connectivity index is 1.90. The van der Waals surface area contributed by atoms with Gasteiger partial charge in [0.15, 0.2) is 0 Å². The minimum Gasteiger partial charge on any atom is -0.383 e. The number of hydrogen-bond acceptors (Lipinski definition) is 5. The van der Waals surface area contributed by atoms with Gasteiger partial charge in [0, 0.05) is 59.0 Å². The predicted molar refractivity (Wildman–Crippen MR) is 87.0 cm³/mol. The van der Waals surface area contributed by atoms with Crippen LogP contribution in [0.2, 0.25) is 0 Å². The molecule has 2 heterocycles. The van der Waals surface area contributed by atoms with Crippen LogP contribution in [-0.4, -0.2) is 62.6 Å². The molecule has 0 radical (unpaired) electrons. The molecule has 1 aliphatic rings. The summed E-state index contributed by atoms with van der Waals surface area (Å²) in [6.07, 6.45) is 1.99. The molecule has 1 atom stereocenters. The van der Waals surface area contributed by atoms with Gasteiger partial charge >= 0.3 is 0 Å². The Morgan fingerprint density at radius 2 is 2.30 bits per heavy atom. The molecule has 7 heteroatoms.